The van der Waals surface area contributed by atoms with E-state index in [0.29, 0.717) is 15.7 Å². The second kappa shape index (κ2) is 6.45. The Morgan fingerprint density at radius 3 is 2.52 bits per heavy atom. The highest BCUT2D eigenvalue weighted by molar-refractivity contribution is 7.18. The summed E-state index contributed by atoms with van der Waals surface area (Å²) in [5.74, 6) is 0.421. The lowest BCUT2D eigenvalue weighted by atomic mass is 10.2. The number of nitrogens with zero attached hydrogens (tertiary/aromatic N) is 3. The van der Waals surface area contributed by atoms with Crippen LogP contribution in [-0.4, -0.2) is 33.7 Å². The quantitative estimate of drug-likeness (QED) is 0.566. The molecule has 2 N–H and O–H groups in total. The maximum absolute atomic E-state index is 9.53. The van der Waals surface area contributed by atoms with E-state index in [1.54, 1.807) is 19.4 Å². The van der Waals surface area contributed by atoms with Gasteiger partial charge in [-0.2, -0.15) is 0 Å². The molecule has 0 amide bonds. The summed E-state index contributed by atoms with van der Waals surface area (Å²) in [6.45, 7) is 0. The van der Waals surface area contributed by atoms with Crippen LogP contribution >= 0.6 is 11.3 Å². The Balaban J connectivity index is 1.78. The molecule has 0 bridgehead atoms. The smallest absolute Gasteiger partial charge is 0.231 e. The number of hydrogen-bond acceptors (Lipinski definition) is 7. The first-order valence-corrected chi connectivity index (χ1v) is 7.51. The van der Waals surface area contributed by atoms with E-state index in [4.69, 9.17) is 4.74 Å². The molecule has 0 radical (unpaired) electrons. The third-order valence-electron chi connectivity index (χ3n) is 3.08. The zero-order valence-electron chi connectivity index (χ0n) is 12.2. The minimum absolute atomic E-state index is 0.170. The SMILES string of the molecule is COc1ccc(C=Nc2nnc(-c3ccc(O)c(O)c3)s2)cc1. The topological polar surface area (TPSA) is 87.8 Å². The number of hydrogen-bond donors (Lipinski definition) is 2. The molecule has 0 aliphatic carbocycles. The lowest BCUT2D eigenvalue weighted by Gasteiger charge is -1.98. The van der Waals surface area contributed by atoms with Gasteiger partial charge in [0.2, 0.25) is 5.13 Å². The van der Waals surface area contributed by atoms with Gasteiger partial charge in [0.15, 0.2) is 11.5 Å². The zero-order valence-corrected chi connectivity index (χ0v) is 13.0. The number of benzene rings is 2. The first-order chi connectivity index (χ1) is 11.2. The molecule has 1 heterocycles. The molecule has 3 aromatic rings. The Hall–Kier alpha value is -2.93. The molecular formula is C16H13N3O3S. The second-order valence-corrected chi connectivity index (χ2v) is 5.58. The number of aromatic hydroxyl groups is 2. The van der Waals surface area contributed by atoms with Crippen molar-refractivity contribution in [3.05, 3.63) is 48.0 Å². The van der Waals surface area contributed by atoms with Crippen molar-refractivity contribution in [3.8, 4) is 27.8 Å². The molecule has 0 saturated heterocycles. The van der Waals surface area contributed by atoms with Gasteiger partial charge in [0.1, 0.15) is 10.8 Å². The summed E-state index contributed by atoms with van der Waals surface area (Å²) < 4.78 is 5.10. The number of ether oxygens (including phenoxy) is 1. The molecule has 3 rings (SSSR count). The van der Waals surface area contributed by atoms with Crippen molar-refractivity contribution in [1.29, 1.82) is 0 Å². The molecule has 2 aromatic carbocycles. The molecule has 0 saturated carbocycles. The van der Waals surface area contributed by atoms with Gasteiger partial charge in [-0.1, -0.05) is 11.3 Å². The number of methoxy groups -OCH3 is 1. The number of aromatic nitrogens is 2. The summed E-state index contributed by atoms with van der Waals surface area (Å²) in [5.41, 5.74) is 1.59. The van der Waals surface area contributed by atoms with E-state index in [0.717, 1.165) is 11.3 Å². The van der Waals surface area contributed by atoms with Crippen LogP contribution in [0, 0.1) is 0 Å². The standard InChI is InChI=1S/C16H13N3O3S/c1-22-12-5-2-10(3-6-12)9-17-16-19-18-15(23-16)11-4-7-13(20)14(21)8-11/h2-9,20-21H,1H3. The zero-order chi connectivity index (χ0) is 16.2. The summed E-state index contributed by atoms with van der Waals surface area (Å²) in [6.07, 6.45) is 1.69. The maximum Gasteiger partial charge on any atom is 0.231 e. The Morgan fingerprint density at radius 1 is 1.04 bits per heavy atom. The Bertz CT molecular complexity index is 844. The number of aliphatic imine (C=N–C) groups is 1. The average Bonchev–Trinajstić information content (AvgIpc) is 3.05. The molecule has 0 unspecified atom stereocenters. The van der Waals surface area contributed by atoms with Gasteiger partial charge in [-0.05, 0) is 48.0 Å². The molecule has 7 heteroatoms. The fourth-order valence-corrected chi connectivity index (χ4v) is 2.55. The number of phenols is 2. The van der Waals surface area contributed by atoms with Gasteiger partial charge >= 0.3 is 0 Å². The fraction of sp³-hybridized carbons (Fsp3) is 0.0625. The van der Waals surface area contributed by atoms with Gasteiger partial charge < -0.3 is 14.9 Å². The Morgan fingerprint density at radius 2 is 1.83 bits per heavy atom. The molecule has 116 valence electrons. The lowest BCUT2D eigenvalue weighted by molar-refractivity contribution is 0.404. The third-order valence-corrected chi connectivity index (χ3v) is 3.96. The van der Waals surface area contributed by atoms with Crippen LogP contribution in [0.3, 0.4) is 0 Å². The van der Waals surface area contributed by atoms with Crippen LogP contribution in [0.4, 0.5) is 5.13 Å². The van der Waals surface area contributed by atoms with Crippen LogP contribution in [0.25, 0.3) is 10.6 Å². The molecule has 23 heavy (non-hydrogen) atoms. The van der Waals surface area contributed by atoms with Crippen LogP contribution in [0.2, 0.25) is 0 Å². The summed E-state index contributed by atoms with van der Waals surface area (Å²) >= 11 is 1.29. The van der Waals surface area contributed by atoms with E-state index < -0.39 is 0 Å². The highest BCUT2D eigenvalue weighted by Gasteiger charge is 2.08. The first-order valence-electron chi connectivity index (χ1n) is 6.69. The second-order valence-electron chi connectivity index (χ2n) is 4.62. The van der Waals surface area contributed by atoms with E-state index in [9.17, 15) is 10.2 Å². The van der Waals surface area contributed by atoms with Crippen molar-refractivity contribution < 1.29 is 14.9 Å². The molecule has 0 spiro atoms. The summed E-state index contributed by atoms with van der Waals surface area (Å²) in [6, 6.07) is 12.0. The molecule has 0 aliphatic rings. The highest BCUT2D eigenvalue weighted by Crippen LogP contribution is 2.33. The summed E-state index contributed by atoms with van der Waals surface area (Å²) in [7, 11) is 1.62. The first kappa shape index (κ1) is 15.0. The van der Waals surface area contributed by atoms with Crippen molar-refractivity contribution in [2.24, 2.45) is 4.99 Å². The van der Waals surface area contributed by atoms with E-state index in [-0.39, 0.29) is 11.5 Å². The van der Waals surface area contributed by atoms with E-state index >= 15 is 0 Å². The van der Waals surface area contributed by atoms with Gasteiger partial charge in [-0.15, -0.1) is 10.2 Å². The van der Waals surface area contributed by atoms with Crippen molar-refractivity contribution >= 4 is 22.7 Å². The van der Waals surface area contributed by atoms with Crippen molar-refractivity contribution in [2.75, 3.05) is 7.11 Å². The molecule has 0 fully saturated rings. The van der Waals surface area contributed by atoms with Gasteiger partial charge in [0.25, 0.3) is 0 Å². The molecule has 6 nitrogen and oxygen atoms in total. The maximum atomic E-state index is 9.53. The molecule has 0 atom stereocenters. The largest absolute Gasteiger partial charge is 0.504 e. The van der Waals surface area contributed by atoms with Crippen LogP contribution in [0.15, 0.2) is 47.5 Å². The van der Waals surface area contributed by atoms with Gasteiger partial charge in [-0.3, -0.25) is 0 Å². The van der Waals surface area contributed by atoms with Crippen LogP contribution in [-0.2, 0) is 0 Å². The van der Waals surface area contributed by atoms with Gasteiger partial charge in [0, 0.05) is 11.8 Å². The highest BCUT2D eigenvalue weighted by atomic mass is 32.1. The predicted octanol–water partition coefficient (Wildman–Crippen LogP) is 3.38. The Kier molecular flexibility index (Phi) is 4.20. The number of rotatable bonds is 4. The lowest BCUT2D eigenvalue weighted by Crippen LogP contribution is -1.84. The minimum Gasteiger partial charge on any atom is -0.504 e. The van der Waals surface area contributed by atoms with Crippen LogP contribution < -0.4 is 4.74 Å². The van der Waals surface area contributed by atoms with E-state index in [1.807, 2.05) is 24.3 Å². The van der Waals surface area contributed by atoms with Crippen LogP contribution in [0.1, 0.15) is 5.56 Å². The normalized spacial score (nSPS) is 11.0. The monoisotopic (exact) mass is 327 g/mol. The summed E-state index contributed by atoms with van der Waals surface area (Å²) in [5, 5.41) is 28.0. The van der Waals surface area contributed by atoms with Crippen LogP contribution in [0.5, 0.6) is 17.2 Å². The molecular weight excluding hydrogens is 314 g/mol. The predicted molar refractivity (Wildman–Crippen MR) is 88.9 cm³/mol. The van der Waals surface area contributed by atoms with Crippen molar-refractivity contribution in [3.63, 3.8) is 0 Å². The number of phenolic OH excluding ortho intramolecular Hbond substituents is 2. The van der Waals surface area contributed by atoms with Crippen molar-refractivity contribution in [1.82, 2.24) is 10.2 Å². The van der Waals surface area contributed by atoms with Gasteiger partial charge in [-0.25, -0.2) is 4.99 Å². The average molecular weight is 327 g/mol. The molecule has 0 aliphatic heterocycles. The third kappa shape index (κ3) is 3.46. The van der Waals surface area contributed by atoms with E-state index in [2.05, 4.69) is 15.2 Å². The van der Waals surface area contributed by atoms with E-state index in [1.165, 1.54) is 23.5 Å². The fourth-order valence-electron chi connectivity index (χ4n) is 1.86. The van der Waals surface area contributed by atoms with Gasteiger partial charge in [0.05, 0.1) is 7.11 Å². The van der Waals surface area contributed by atoms with Crippen molar-refractivity contribution in [2.45, 2.75) is 0 Å². The summed E-state index contributed by atoms with van der Waals surface area (Å²) in [4.78, 5) is 4.29. The minimum atomic E-state index is -0.194. The molecule has 1 aromatic heterocycles. The Labute approximate surface area is 136 Å².